The molecule has 0 bridgehead atoms. The second kappa shape index (κ2) is 8.90. The van der Waals surface area contributed by atoms with Gasteiger partial charge < -0.3 is 15.3 Å². The maximum Gasteiger partial charge on any atom is 0.121 e. The van der Waals surface area contributed by atoms with Crippen molar-refractivity contribution >= 4 is 0 Å². The number of hydrogen-bond acceptors (Lipinski definition) is 3. The SMILES string of the molecule is CCCCC(c1cc(C)c(O)c(C)c1)(c1cc(C)c(O)c(C)c1)c1cc(C)c(O)c(C)c1. The molecule has 0 saturated carbocycles. The third-order valence-electron chi connectivity index (χ3n) is 6.86. The highest BCUT2D eigenvalue weighted by Crippen LogP contribution is 2.47. The van der Waals surface area contributed by atoms with Gasteiger partial charge in [0, 0.05) is 5.41 Å². The first-order valence-corrected chi connectivity index (χ1v) is 11.4. The van der Waals surface area contributed by atoms with Crippen LogP contribution < -0.4 is 0 Å². The van der Waals surface area contributed by atoms with Crippen LogP contribution in [0, 0.1) is 41.5 Å². The molecule has 0 aromatic heterocycles. The second-order valence-electron chi connectivity index (χ2n) is 9.38. The third-order valence-corrected chi connectivity index (χ3v) is 6.86. The summed E-state index contributed by atoms with van der Waals surface area (Å²) in [5.41, 5.74) is 7.96. The molecule has 0 heterocycles. The Bertz CT molecular complexity index is 949. The first-order valence-electron chi connectivity index (χ1n) is 11.4. The van der Waals surface area contributed by atoms with Crippen molar-refractivity contribution < 1.29 is 15.3 Å². The van der Waals surface area contributed by atoms with Gasteiger partial charge in [-0.1, -0.05) is 56.2 Å². The zero-order valence-electron chi connectivity index (χ0n) is 20.4. The van der Waals surface area contributed by atoms with Crippen LogP contribution in [0.2, 0.25) is 0 Å². The summed E-state index contributed by atoms with van der Waals surface area (Å²) in [7, 11) is 0. The van der Waals surface area contributed by atoms with Crippen molar-refractivity contribution in [3.8, 4) is 17.2 Å². The van der Waals surface area contributed by atoms with Gasteiger partial charge in [-0.2, -0.15) is 0 Å². The number of phenols is 3. The second-order valence-corrected chi connectivity index (χ2v) is 9.38. The minimum absolute atomic E-state index is 0.328. The van der Waals surface area contributed by atoms with Crippen LogP contribution in [0.5, 0.6) is 17.2 Å². The molecule has 170 valence electrons. The van der Waals surface area contributed by atoms with Crippen LogP contribution in [-0.2, 0) is 5.41 Å². The van der Waals surface area contributed by atoms with E-state index in [1.807, 2.05) is 41.5 Å². The smallest absolute Gasteiger partial charge is 0.121 e. The highest BCUT2D eigenvalue weighted by molar-refractivity contribution is 5.59. The van der Waals surface area contributed by atoms with E-state index in [-0.39, 0.29) is 0 Å². The molecule has 0 aliphatic carbocycles. The molecule has 0 atom stereocenters. The molecule has 0 spiro atoms. The van der Waals surface area contributed by atoms with E-state index in [0.29, 0.717) is 17.2 Å². The molecule has 3 aromatic rings. The molecule has 0 saturated heterocycles. The molecular weight excluding hydrogens is 396 g/mol. The molecule has 3 rings (SSSR count). The molecule has 0 aliphatic rings. The summed E-state index contributed by atoms with van der Waals surface area (Å²) in [6, 6.07) is 12.5. The fourth-order valence-electron chi connectivity index (χ4n) is 4.98. The van der Waals surface area contributed by atoms with Crippen LogP contribution in [0.3, 0.4) is 0 Å². The van der Waals surface area contributed by atoms with Crippen molar-refractivity contribution in [3.05, 3.63) is 86.5 Å². The van der Waals surface area contributed by atoms with Crippen molar-refractivity contribution in [2.75, 3.05) is 0 Å². The lowest BCUT2D eigenvalue weighted by molar-refractivity contribution is 0.460. The van der Waals surface area contributed by atoms with Crippen molar-refractivity contribution in [3.63, 3.8) is 0 Å². The van der Waals surface area contributed by atoms with Gasteiger partial charge in [-0.15, -0.1) is 0 Å². The standard InChI is InChI=1S/C29H36O3/c1-8-9-10-29(23-11-17(2)26(30)18(3)12-23,24-13-19(4)27(31)20(5)14-24)25-15-21(6)28(32)22(7)16-25/h11-16,30-32H,8-10H2,1-7H3. The highest BCUT2D eigenvalue weighted by Gasteiger charge is 2.38. The summed E-state index contributed by atoms with van der Waals surface area (Å²) >= 11 is 0. The first-order chi connectivity index (χ1) is 15.0. The zero-order valence-corrected chi connectivity index (χ0v) is 20.4. The van der Waals surface area contributed by atoms with Gasteiger partial charge in [-0.3, -0.25) is 0 Å². The predicted molar refractivity (Wildman–Crippen MR) is 132 cm³/mol. The minimum Gasteiger partial charge on any atom is -0.507 e. The van der Waals surface area contributed by atoms with E-state index in [2.05, 4.69) is 43.3 Å². The number of rotatable bonds is 6. The predicted octanol–water partition coefficient (Wildman–Crippen LogP) is 7.18. The minimum atomic E-state index is -0.480. The van der Waals surface area contributed by atoms with E-state index in [1.165, 1.54) is 0 Å². The van der Waals surface area contributed by atoms with Gasteiger partial charge in [0.05, 0.1) is 0 Å². The van der Waals surface area contributed by atoms with E-state index in [4.69, 9.17) is 0 Å². The number of unbranched alkanes of at least 4 members (excludes halogenated alkanes) is 1. The van der Waals surface area contributed by atoms with E-state index < -0.39 is 5.41 Å². The maximum absolute atomic E-state index is 10.5. The number of aromatic hydroxyl groups is 3. The normalized spacial score (nSPS) is 11.7. The molecule has 0 unspecified atom stereocenters. The van der Waals surface area contributed by atoms with E-state index >= 15 is 0 Å². The molecule has 32 heavy (non-hydrogen) atoms. The zero-order chi connectivity index (χ0) is 23.8. The van der Waals surface area contributed by atoms with Gasteiger partial charge in [0.15, 0.2) is 0 Å². The van der Waals surface area contributed by atoms with Gasteiger partial charge >= 0.3 is 0 Å². The number of benzene rings is 3. The van der Waals surface area contributed by atoms with Crippen LogP contribution in [-0.4, -0.2) is 15.3 Å². The largest absolute Gasteiger partial charge is 0.507 e. The van der Waals surface area contributed by atoms with Crippen LogP contribution in [0.15, 0.2) is 36.4 Å². The van der Waals surface area contributed by atoms with Crippen LogP contribution in [0.1, 0.15) is 76.3 Å². The molecule has 3 aromatic carbocycles. The Kier molecular flexibility index (Phi) is 6.59. The number of aryl methyl sites for hydroxylation is 6. The summed E-state index contributed by atoms with van der Waals surface area (Å²) < 4.78 is 0. The van der Waals surface area contributed by atoms with Crippen LogP contribution >= 0.6 is 0 Å². The number of hydrogen-bond donors (Lipinski definition) is 3. The molecular formula is C29H36O3. The Morgan fingerprint density at radius 2 is 0.781 bits per heavy atom. The quantitative estimate of drug-likeness (QED) is 0.362. The highest BCUT2D eigenvalue weighted by atomic mass is 16.3. The molecule has 3 N–H and O–H groups in total. The molecule has 3 heteroatoms. The fourth-order valence-corrected chi connectivity index (χ4v) is 4.98. The average molecular weight is 433 g/mol. The molecule has 0 amide bonds. The third kappa shape index (κ3) is 3.97. The summed E-state index contributed by atoms with van der Waals surface area (Å²) in [6.07, 6.45) is 2.93. The van der Waals surface area contributed by atoms with Gasteiger partial charge in [0.1, 0.15) is 17.2 Å². The molecule has 0 radical (unpaired) electrons. The van der Waals surface area contributed by atoms with E-state index in [0.717, 1.165) is 69.3 Å². The first kappa shape index (κ1) is 23.7. The lowest BCUT2D eigenvalue weighted by Gasteiger charge is -2.38. The van der Waals surface area contributed by atoms with Crippen molar-refractivity contribution in [1.29, 1.82) is 0 Å². The lowest BCUT2D eigenvalue weighted by atomic mass is 9.65. The van der Waals surface area contributed by atoms with Gasteiger partial charge in [-0.05, 0) is 98.0 Å². The maximum atomic E-state index is 10.5. The van der Waals surface area contributed by atoms with Gasteiger partial charge in [-0.25, -0.2) is 0 Å². The van der Waals surface area contributed by atoms with Gasteiger partial charge in [0.25, 0.3) is 0 Å². The number of phenolic OH excluding ortho intramolecular Hbond substituents is 3. The van der Waals surface area contributed by atoms with Gasteiger partial charge in [0.2, 0.25) is 0 Å². The Morgan fingerprint density at radius 1 is 0.531 bits per heavy atom. The summed E-state index contributed by atoms with van der Waals surface area (Å²) in [5.74, 6) is 0.984. The molecule has 3 nitrogen and oxygen atoms in total. The summed E-state index contributed by atoms with van der Waals surface area (Å²) in [4.78, 5) is 0. The lowest BCUT2D eigenvalue weighted by Crippen LogP contribution is -2.30. The summed E-state index contributed by atoms with van der Waals surface area (Å²) in [6.45, 7) is 13.8. The van der Waals surface area contributed by atoms with Crippen molar-refractivity contribution in [2.45, 2.75) is 73.1 Å². The van der Waals surface area contributed by atoms with Crippen LogP contribution in [0.25, 0.3) is 0 Å². The monoisotopic (exact) mass is 432 g/mol. The molecule has 0 fully saturated rings. The van der Waals surface area contributed by atoms with Crippen molar-refractivity contribution in [1.82, 2.24) is 0 Å². The van der Waals surface area contributed by atoms with Crippen LogP contribution in [0.4, 0.5) is 0 Å². The van der Waals surface area contributed by atoms with E-state index in [1.54, 1.807) is 0 Å². The summed E-state index contributed by atoms with van der Waals surface area (Å²) in [5, 5.41) is 31.5. The Morgan fingerprint density at radius 3 is 1.00 bits per heavy atom. The Labute approximate surface area is 192 Å². The van der Waals surface area contributed by atoms with E-state index in [9.17, 15) is 15.3 Å². The fraction of sp³-hybridized carbons (Fsp3) is 0.379. The molecule has 0 aliphatic heterocycles. The average Bonchev–Trinajstić information content (AvgIpc) is 2.74. The van der Waals surface area contributed by atoms with Crippen molar-refractivity contribution in [2.24, 2.45) is 0 Å². The Balaban J connectivity index is 2.50. The topological polar surface area (TPSA) is 60.7 Å². The Hall–Kier alpha value is -2.94.